The van der Waals surface area contributed by atoms with Gasteiger partial charge < -0.3 is 4.42 Å². The average Bonchev–Trinajstić information content (AvgIpc) is 3.17. The Balaban J connectivity index is 1.98. The number of aromatic nitrogens is 5. The van der Waals surface area contributed by atoms with Crippen LogP contribution in [0.4, 0.5) is 0 Å². The highest BCUT2D eigenvalue weighted by Gasteiger charge is 2.25. The molecule has 0 fully saturated rings. The molecule has 5 rings (SSSR count). The van der Waals surface area contributed by atoms with Crippen molar-refractivity contribution < 1.29 is 4.42 Å². The Labute approximate surface area is 132 Å². The minimum Gasteiger partial charge on any atom is -0.432 e. The lowest BCUT2D eigenvalue weighted by Gasteiger charge is -2.21. The Morgan fingerprint density at radius 3 is 2.78 bits per heavy atom. The summed E-state index contributed by atoms with van der Waals surface area (Å²) in [5.74, 6) is 0.389. The molecule has 4 aromatic rings. The molecule has 23 heavy (non-hydrogen) atoms. The van der Waals surface area contributed by atoms with E-state index in [1.54, 1.807) is 17.1 Å². The summed E-state index contributed by atoms with van der Waals surface area (Å²) < 4.78 is 7.86. The molecule has 0 saturated carbocycles. The van der Waals surface area contributed by atoms with Crippen molar-refractivity contribution in [1.82, 2.24) is 24.6 Å². The number of hydrogen-bond acceptors (Lipinski definition) is 5. The number of rotatable bonds is 1. The maximum absolute atomic E-state index is 6.08. The molecule has 116 valence electrons. The van der Waals surface area contributed by atoms with Gasteiger partial charge in [-0.05, 0) is 42.7 Å². The van der Waals surface area contributed by atoms with Crippen LogP contribution in [0.2, 0.25) is 0 Å². The summed E-state index contributed by atoms with van der Waals surface area (Å²) in [7, 11) is 0. The zero-order chi connectivity index (χ0) is 15.6. The standard InChI is InChI=1S/C17H17N5O/c1-9(2)13-11-6-4-3-5-10(11)12-14-15(23-17(12)20-13)16-21-19-8-22(16)7-18-14/h7-9H,3-6H2,1-2H3. The van der Waals surface area contributed by atoms with Crippen LogP contribution in [0.15, 0.2) is 17.1 Å². The van der Waals surface area contributed by atoms with E-state index in [0.717, 1.165) is 23.7 Å². The smallest absolute Gasteiger partial charge is 0.229 e. The summed E-state index contributed by atoms with van der Waals surface area (Å²) in [6, 6.07) is 0. The molecule has 0 aromatic carbocycles. The second kappa shape index (κ2) is 4.50. The molecule has 4 heterocycles. The van der Waals surface area contributed by atoms with Gasteiger partial charge >= 0.3 is 0 Å². The third-order valence-corrected chi connectivity index (χ3v) is 4.80. The molecule has 0 aliphatic heterocycles. The van der Waals surface area contributed by atoms with Crippen LogP contribution in [-0.2, 0) is 12.8 Å². The highest BCUT2D eigenvalue weighted by Crippen LogP contribution is 2.38. The molecule has 0 saturated heterocycles. The lowest BCUT2D eigenvalue weighted by Crippen LogP contribution is -2.10. The van der Waals surface area contributed by atoms with Gasteiger partial charge in [0.25, 0.3) is 0 Å². The molecule has 1 aliphatic carbocycles. The topological polar surface area (TPSA) is 69.1 Å². The van der Waals surface area contributed by atoms with Gasteiger partial charge in [-0.1, -0.05) is 13.8 Å². The molecule has 6 heteroatoms. The molecule has 0 radical (unpaired) electrons. The minimum atomic E-state index is 0.389. The predicted octanol–water partition coefficient (Wildman–Crippen LogP) is 3.42. The van der Waals surface area contributed by atoms with Crippen molar-refractivity contribution in [2.24, 2.45) is 0 Å². The number of hydrogen-bond donors (Lipinski definition) is 0. The first-order chi connectivity index (χ1) is 11.2. The van der Waals surface area contributed by atoms with Crippen LogP contribution in [0.5, 0.6) is 0 Å². The van der Waals surface area contributed by atoms with Crippen molar-refractivity contribution in [1.29, 1.82) is 0 Å². The molecule has 6 nitrogen and oxygen atoms in total. The number of furan rings is 1. The monoisotopic (exact) mass is 307 g/mol. The fraction of sp³-hybridized carbons (Fsp3) is 0.412. The van der Waals surface area contributed by atoms with Crippen LogP contribution in [0.3, 0.4) is 0 Å². The second-order valence-electron chi connectivity index (χ2n) is 6.58. The largest absolute Gasteiger partial charge is 0.432 e. The van der Waals surface area contributed by atoms with E-state index in [1.807, 2.05) is 0 Å². The lowest BCUT2D eigenvalue weighted by molar-refractivity contribution is 0.632. The van der Waals surface area contributed by atoms with Crippen molar-refractivity contribution in [3.8, 4) is 0 Å². The number of aryl methyl sites for hydroxylation is 1. The second-order valence-corrected chi connectivity index (χ2v) is 6.58. The summed E-state index contributed by atoms with van der Waals surface area (Å²) in [6.45, 7) is 4.39. The van der Waals surface area contributed by atoms with Crippen LogP contribution in [-0.4, -0.2) is 24.6 Å². The van der Waals surface area contributed by atoms with Gasteiger partial charge in [-0.3, -0.25) is 4.40 Å². The summed E-state index contributed by atoms with van der Waals surface area (Å²) in [6.07, 6.45) is 8.00. The van der Waals surface area contributed by atoms with Crippen LogP contribution in [0.25, 0.3) is 27.8 Å². The first-order valence-electron chi connectivity index (χ1n) is 8.16. The van der Waals surface area contributed by atoms with Crippen molar-refractivity contribution in [3.63, 3.8) is 0 Å². The van der Waals surface area contributed by atoms with Crippen LogP contribution < -0.4 is 0 Å². The van der Waals surface area contributed by atoms with Crippen LogP contribution >= 0.6 is 0 Å². The Hall–Kier alpha value is -2.50. The van der Waals surface area contributed by atoms with E-state index < -0.39 is 0 Å². The number of nitrogens with zero attached hydrogens (tertiary/aromatic N) is 5. The molecule has 0 amide bonds. The van der Waals surface area contributed by atoms with Crippen molar-refractivity contribution in [2.75, 3.05) is 0 Å². The van der Waals surface area contributed by atoms with E-state index in [4.69, 9.17) is 9.40 Å². The predicted molar refractivity (Wildman–Crippen MR) is 86.6 cm³/mol. The Kier molecular flexibility index (Phi) is 2.54. The zero-order valence-corrected chi connectivity index (χ0v) is 13.2. The maximum Gasteiger partial charge on any atom is 0.229 e. The fourth-order valence-corrected chi connectivity index (χ4v) is 3.76. The highest BCUT2D eigenvalue weighted by atomic mass is 16.3. The summed E-state index contributed by atoms with van der Waals surface area (Å²) >= 11 is 0. The first kappa shape index (κ1) is 13.0. The molecule has 0 bridgehead atoms. The van der Waals surface area contributed by atoms with Gasteiger partial charge in [0.2, 0.25) is 16.9 Å². The zero-order valence-electron chi connectivity index (χ0n) is 13.2. The van der Waals surface area contributed by atoms with Crippen LogP contribution in [0, 0.1) is 0 Å². The SMILES string of the molecule is CC(C)c1nc2oc3c(ncn4cnnc34)c2c2c1CCCC2. The quantitative estimate of drug-likeness (QED) is 0.539. The summed E-state index contributed by atoms with van der Waals surface area (Å²) in [4.78, 5) is 9.45. The van der Waals surface area contributed by atoms with E-state index in [2.05, 4.69) is 29.0 Å². The molecule has 0 N–H and O–H groups in total. The van der Waals surface area contributed by atoms with E-state index in [-0.39, 0.29) is 0 Å². The highest BCUT2D eigenvalue weighted by molar-refractivity contribution is 6.07. The molecule has 4 aromatic heterocycles. The molecule has 1 aliphatic rings. The Bertz CT molecular complexity index is 1060. The molecule has 0 unspecified atom stereocenters. The van der Waals surface area contributed by atoms with Crippen molar-refractivity contribution in [3.05, 3.63) is 29.5 Å². The van der Waals surface area contributed by atoms with E-state index in [9.17, 15) is 0 Å². The van der Waals surface area contributed by atoms with Gasteiger partial charge in [0, 0.05) is 0 Å². The summed E-state index contributed by atoms with van der Waals surface area (Å²) in [5.41, 5.74) is 6.88. The van der Waals surface area contributed by atoms with E-state index in [0.29, 0.717) is 22.9 Å². The maximum atomic E-state index is 6.08. The van der Waals surface area contributed by atoms with Gasteiger partial charge in [-0.2, -0.15) is 0 Å². The number of pyridine rings is 1. The van der Waals surface area contributed by atoms with Gasteiger partial charge in [-0.15, -0.1) is 10.2 Å². The van der Waals surface area contributed by atoms with Gasteiger partial charge in [0.15, 0.2) is 0 Å². The van der Waals surface area contributed by atoms with E-state index in [1.165, 1.54) is 29.7 Å². The van der Waals surface area contributed by atoms with E-state index >= 15 is 0 Å². The van der Waals surface area contributed by atoms with Gasteiger partial charge in [-0.25, -0.2) is 9.97 Å². The minimum absolute atomic E-state index is 0.389. The Morgan fingerprint density at radius 2 is 1.96 bits per heavy atom. The Morgan fingerprint density at radius 1 is 1.13 bits per heavy atom. The summed E-state index contributed by atoms with van der Waals surface area (Å²) in [5, 5.41) is 9.18. The van der Waals surface area contributed by atoms with Crippen molar-refractivity contribution in [2.45, 2.75) is 45.4 Å². The third-order valence-electron chi connectivity index (χ3n) is 4.80. The molecular weight excluding hydrogens is 290 g/mol. The molecule has 0 spiro atoms. The normalized spacial score (nSPS) is 15.1. The van der Waals surface area contributed by atoms with Crippen molar-refractivity contribution >= 4 is 27.8 Å². The van der Waals surface area contributed by atoms with Gasteiger partial charge in [0.05, 0.1) is 11.1 Å². The van der Waals surface area contributed by atoms with Crippen LogP contribution in [0.1, 0.15) is 49.4 Å². The lowest BCUT2D eigenvalue weighted by atomic mass is 9.86. The molecule has 0 atom stereocenters. The first-order valence-corrected chi connectivity index (χ1v) is 8.16. The van der Waals surface area contributed by atoms with Gasteiger partial charge in [0.1, 0.15) is 18.2 Å². The third kappa shape index (κ3) is 1.69. The average molecular weight is 307 g/mol. The number of fused-ring (bicyclic) bond motifs is 7. The fourth-order valence-electron chi connectivity index (χ4n) is 3.76. The molecular formula is C17H17N5O.